The Labute approximate surface area is 156 Å². The summed E-state index contributed by atoms with van der Waals surface area (Å²) in [5.41, 5.74) is -4.05. The fourth-order valence-electron chi connectivity index (χ4n) is 2.26. The lowest BCUT2D eigenvalue weighted by molar-refractivity contribution is -0.144. The molecule has 3 rings (SSSR count). The van der Waals surface area contributed by atoms with E-state index in [-0.39, 0.29) is 22.6 Å². The van der Waals surface area contributed by atoms with Crippen LogP contribution in [0, 0.1) is 0 Å². The van der Waals surface area contributed by atoms with Gasteiger partial charge in [0.1, 0.15) is 5.69 Å². The van der Waals surface area contributed by atoms with Crippen LogP contribution in [0.25, 0.3) is 11.0 Å². The maximum absolute atomic E-state index is 13.2. The average Bonchev–Trinajstić information content (AvgIpc) is 3.06. The third-order valence-corrected chi connectivity index (χ3v) is 4.33. The van der Waals surface area contributed by atoms with Gasteiger partial charge in [0.25, 0.3) is 0 Å². The zero-order valence-corrected chi connectivity index (χ0v) is 14.5. The largest absolute Gasteiger partial charge is 0.465 e. The van der Waals surface area contributed by atoms with E-state index in [0.29, 0.717) is 0 Å². The van der Waals surface area contributed by atoms with E-state index in [1.165, 1.54) is 11.4 Å². The van der Waals surface area contributed by atoms with Gasteiger partial charge in [-0.1, -0.05) is 0 Å². The number of hydrogen-bond donors (Lipinski definition) is 0. The lowest BCUT2D eigenvalue weighted by atomic mass is 10.1. The number of esters is 1. The van der Waals surface area contributed by atoms with E-state index in [1.54, 1.807) is 0 Å². The summed E-state index contributed by atoms with van der Waals surface area (Å²) in [6, 6.07) is 3.24. The summed E-state index contributed by atoms with van der Waals surface area (Å²) >= 11 is 0.976. The SMILES string of the molecule is COC(=O)c1sccc1Oc1ccc2c(C(F)(F)F)cc(C(F)(F)F)nc2n1. The van der Waals surface area contributed by atoms with Crippen LogP contribution in [-0.4, -0.2) is 23.0 Å². The van der Waals surface area contributed by atoms with Crippen molar-refractivity contribution in [1.82, 2.24) is 9.97 Å². The zero-order chi connectivity index (χ0) is 20.7. The lowest BCUT2D eigenvalue weighted by Gasteiger charge is -2.14. The fraction of sp³-hybridized carbons (Fsp3) is 0.188. The van der Waals surface area contributed by atoms with E-state index in [2.05, 4.69) is 14.7 Å². The smallest absolute Gasteiger partial charge is 0.433 e. The van der Waals surface area contributed by atoms with Crippen LogP contribution in [0.5, 0.6) is 11.6 Å². The van der Waals surface area contributed by atoms with Crippen molar-refractivity contribution in [3.05, 3.63) is 45.8 Å². The van der Waals surface area contributed by atoms with Crippen molar-refractivity contribution >= 4 is 28.3 Å². The molecular formula is C16H8F6N2O3S. The van der Waals surface area contributed by atoms with Gasteiger partial charge in [-0.15, -0.1) is 11.3 Å². The predicted octanol–water partition coefficient (Wildman–Crippen LogP) is 5.31. The maximum atomic E-state index is 13.2. The van der Waals surface area contributed by atoms with Crippen LogP contribution < -0.4 is 4.74 Å². The van der Waals surface area contributed by atoms with Gasteiger partial charge < -0.3 is 9.47 Å². The van der Waals surface area contributed by atoms with Gasteiger partial charge in [-0.05, 0) is 23.6 Å². The minimum absolute atomic E-state index is 0.00767. The van der Waals surface area contributed by atoms with Crippen molar-refractivity contribution in [1.29, 1.82) is 0 Å². The molecule has 0 aromatic carbocycles. The molecule has 0 saturated heterocycles. The Morgan fingerprint density at radius 3 is 2.36 bits per heavy atom. The molecule has 0 fully saturated rings. The first-order valence-corrected chi connectivity index (χ1v) is 8.18. The van der Waals surface area contributed by atoms with E-state index < -0.39 is 40.6 Å². The van der Waals surface area contributed by atoms with Crippen molar-refractivity contribution in [2.75, 3.05) is 7.11 Å². The van der Waals surface area contributed by atoms with Crippen molar-refractivity contribution in [3.63, 3.8) is 0 Å². The second-order valence-electron chi connectivity index (χ2n) is 5.28. The summed E-state index contributed by atoms with van der Waals surface area (Å²) in [4.78, 5) is 18.5. The molecule has 3 heterocycles. The molecule has 0 amide bonds. The number of carbonyl (C=O) groups is 1. The van der Waals surface area contributed by atoms with Gasteiger partial charge in [0, 0.05) is 11.5 Å². The van der Waals surface area contributed by atoms with Crippen LogP contribution in [0.15, 0.2) is 29.6 Å². The van der Waals surface area contributed by atoms with E-state index in [4.69, 9.17) is 4.74 Å². The molecule has 0 radical (unpaired) electrons. The summed E-state index contributed by atoms with van der Waals surface area (Å²) in [5, 5.41) is 0.871. The Morgan fingerprint density at radius 1 is 1.04 bits per heavy atom. The van der Waals surface area contributed by atoms with Gasteiger partial charge in [0.05, 0.1) is 12.7 Å². The first kappa shape index (κ1) is 19.9. The van der Waals surface area contributed by atoms with Crippen molar-refractivity contribution < 1.29 is 40.6 Å². The van der Waals surface area contributed by atoms with Crippen LogP contribution in [0.2, 0.25) is 0 Å². The number of ether oxygens (including phenoxy) is 2. The van der Waals surface area contributed by atoms with Gasteiger partial charge in [0.2, 0.25) is 5.88 Å². The molecule has 148 valence electrons. The summed E-state index contributed by atoms with van der Waals surface area (Å²) < 4.78 is 88.2. The highest BCUT2D eigenvalue weighted by atomic mass is 32.1. The van der Waals surface area contributed by atoms with Crippen LogP contribution in [0.3, 0.4) is 0 Å². The molecule has 3 aromatic heterocycles. The van der Waals surface area contributed by atoms with Crippen LogP contribution in [0.1, 0.15) is 20.9 Å². The monoisotopic (exact) mass is 422 g/mol. The molecule has 5 nitrogen and oxygen atoms in total. The lowest BCUT2D eigenvalue weighted by Crippen LogP contribution is -2.14. The topological polar surface area (TPSA) is 61.3 Å². The van der Waals surface area contributed by atoms with E-state index in [0.717, 1.165) is 30.6 Å². The fourth-order valence-corrected chi connectivity index (χ4v) is 2.99. The third kappa shape index (κ3) is 3.86. The molecule has 0 atom stereocenters. The Bertz CT molecular complexity index is 1050. The Kier molecular flexibility index (Phi) is 4.91. The molecule has 0 aliphatic heterocycles. The third-order valence-electron chi connectivity index (χ3n) is 3.46. The number of rotatable bonds is 3. The summed E-state index contributed by atoms with van der Waals surface area (Å²) in [5.74, 6) is -1.06. The number of hydrogen-bond acceptors (Lipinski definition) is 6. The van der Waals surface area contributed by atoms with Gasteiger partial charge in [0.15, 0.2) is 16.3 Å². The van der Waals surface area contributed by atoms with Crippen molar-refractivity contribution in [3.8, 4) is 11.6 Å². The number of fused-ring (bicyclic) bond motifs is 1. The Morgan fingerprint density at radius 2 is 1.75 bits per heavy atom. The molecule has 0 spiro atoms. The van der Waals surface area contributed by atoms with E-state index >= 15 is 0 Å². The molecule has 0 saturated carbocycles. The summed E-state index contributed by atoms with van der Waals surface area (Å²) in [6.07, 6.45) is -10.1. The quantitative estimate of drug-likeness (QED) is 0.423. The zero-order valence-electron chi connectivity index (χ0n) is 13.7. The molecule has 3 aromatic rings. The second kappa shape index (κ2) is 6.93. The molecule has 12 heteroatoms. The molecular weight excluding hydrogens is 414 g/mol. The average molecular weight is 422 g/mol. The van der Waals surface area contributed by atoms with E-state index in [1.807, 2.05) is 0 Å². The number of halogens is 6. The van der Waals surface area contributed by atoms with Gasteiger partial charge in [-0.2, -0.15) is 31.3 Å². The number of pyridine rings is 2. The molecule has 0 bridgehead atoms. The molecule has 0 N–H and O–H groups in total. The minimum Gasteiger partial charge on any atom is -0.465 e. The highest BCUT2D eigenvalue weighted by Gasteiger charge is 2.39. The molecule has 0 aliphatic carbocycles. The van der Waals surface area contributed by atoms with Crippen molar-refractivity contribution in [2.24, 2.45) is 0 Å². The molecule has 0 unspecified atom stereocenters. The number of methoxy groups -OCH3 is 1. The minimum atomic E-state index is -5.10. The molecule has 28 heavy (non-hydrogen) atoms. The van der Waals surface area contributed by atoms with Gasteiger partial charge >= 0.3 is 18.3 Å². The normalized spacial score (nSPS) is 12.2. The first-order valence-electron chi connectivity index (χ1n) is 7.30. The van der Waals surface area contributed by atoms with Crippen LogP contribution in [-0.2, 0) is 17.1 Å². The highest BCUT2D eigenvalue weighted by Crippen LogP contribution is 2.39. The van der Waals surface area contributed by atoms with Gasteiger partial charge in [-0.25, -0.2) is 9.78 Å². The second-order valence-corrected chi connectivity index (χ2v) is 6.19. The number of carbonyl (C=O) groups excluding carboxylic acids is 1. The Hall–Kier alpha value is -2.89. The van der Waals surface area contributed by atoms with Crippen LogP contribution in [0.4, 0.5) is 26.3 Å². The van der Waals surface area contributed by atoms with Crippen LogP contribution >= 0.6 is 11.3 Å². The predicted molar refractivity (Wildman–Crippen MR) is 85.3 cm³/mol. The highest BCUT2D eigenvalue weighted by molar-refractivity contribution is 7.12. The number of aromatic nitrogens is 2. The molecule has 0 aliphatic rings. The first-order chi connectivity index (χ1) is 13.0. The standard InChI is InChI=1S/C16H8F6N2O3S/c1-26-14(25)12-9(4-5-28-12)27-11-3-2-7-8(15(17,18)19)6-10(16(20,21)22)23-13(7)24-11/h2-6H,1H3. The number of nitrogens with zero attached hydrogens (tertiary/aromatic N) is 2. The van der Waals surface area contributed by atoms with Crippen molar-refractivity contribution in [2.45, 2.75) is 12.4 Å². The van der Waals surface area contributed by atoms with E-state index in [9.17, 15) is 31.1 Å². The maximum Gasteiger partial charge on any atom is 0.433 e. The number of alkyl halides is 6. The summed E-state index contributed by atoms with van der Waals surface area (Å²) in [6.45, 7) is 0. The summed E-state index contributed by atoms with van der Waals surface area (Å²) in [7, 11) is 1.14. The number of thiophene rings is 1. The van der Waals surface area contributed by atoms with Gasteiger partial charge in [-0.3, -0.25) is 0 Å². The Balaban J connectivity index is 2.11.